The van der Waals surface area contributed by atoms with Crippen LogP contribution in [-0.2, 0) is 22.3 Å². The fraction of sp³-hybridized carbons (Fsp3) is 0.414. The number of thiocarbonyl (C=S) groups is 1. The second-order valence-corrected chi connectivity index (χ2v) is 10.7. The van der Waals surface area contributed by atoms with Gasteiger partial charge >= 0.3 is 18.2 Å². The predicted molar refractivity (Wildman–Crippen MR) is 147 cm³/mol. The maximum absolute atomic E-state index is 14.1. The molecule has 12 heteroatoms. The summed E-state index contributed by atoms with van der Waals surface area (Å²) in [6.45, 7) is 6.57. The van der Waals surface area contributed by atoms with E-state index in [0.717, 1.165) is 17.7 Å². The normalized spacial score (nSPS) is 19.2. The highest BCUT2D eigenvalue weighted by Gasteiger charge is 2.48. The van der Waals surface area contributed by atoms with Gasteiger partial charge in [-0.1, -0.05) is 30.3 Å². The Hall–Kier alpha value is -3.51. The number of amides is 1. The molecule has 7 nitrogen and oxygen atoms in total. The highest BCUT2D eigenvalue weighted by atomic mass is 32.1. The summed E-state index contributed by atoms with van der Waals surface area (Å²) in [6, 6.07) is 8.82. The average molecular weight is 594 g/mol. The van der Waals surface area contributed by atoms with Gasteiger partial charge in [0.2, 0.25) is 0 Å². The van der Waals surface area contributed by atoms with Gasteiger partial charge in [-0.05, 0) is 75.2 Å². The molecule has 0 saturated carbocycles. The summed E-state index contributed by atoms with van der Waals surface area (Å²) in [5.41, 5.74) is -0.480. The molecule has 0 bridgehead atoms. The summed E-state index contributed by atoms with van der Waals surface area (Å²) in [6.07, 6.45) is -5.90. The fourth-order valence-electron chi connectivity index (χ4n) is 5.46. The Labute approximate surface area is 241 Å². The number of carbonyl (C=O) groups is 2. The first kappa shape index (κ1) is 30.4. The van der Waals surface area contributed by atoms with E-state index < -0.39 is 41.5 Å². The topological polar surface area (TPSA) is 73.3 Å². The van der Waals surface area contributed by atoms with Crippen molar-refractivity contribution >= 4 is 29.4 Å². The van der Waals surface area contributed by atoms with E-state index in [1.807, 2.05) is 0 Å². The number of alkyl halides is 3. The smallest absolute Gasteiger partial charge is 0.416 e. The lowest BCUT2D eigenvalue weighted by molar-refractivity contribution is -0.144. The van der Waals surface area contributed by atoms with Crippen molar-refractivity contribution in [2.45, 2.75) is 64.5 Å². The molecule has 1 amide bonds. The maximum atomic E-state index is 14.1. The zero-order valence-corrected chi connectivity index (χ0v) is 23.6. The van der Waals surface area contributed by atoms with Gasteiger partial charge < -0.3 is 14.7 Å². The number of hydrogen-bond donors (Lipinski definition) is 1. The van der Waals surface area contributed by atoms with Crippen LogP contribution < -0.4 is 0 Å². The zero-order valence-electron chi connectivity index (χ0n) is 22.8. The van der Waals surface area contributed by atoms with Crippen molar-refractivity contribution in [2.24, 2.45) is 0 Å². The molecule has 2 aromatic rings. The van der Waals surface area contributed by atoms with Crippen LogP contribution >= 0.6 is 12.2 Å². The minimum atomic E-state index is -4.81. The first-order valence-corrected chi connectivity index (χ1v) is 13.6. The molecule has 1 saturated heterocycles. The first-order valence-electron chi connectivity index (χ1n) is 13.2. The quantitative estimate of drug-likeness (QED) is 0.238. The second-order valence-electron chi connectivity index (χ2n) is 10.4. The van der Waals surface area contributed by atoms with Crippen molar-refractivity contribution in [1.82, 2.24) is 14.7 Å². The Balaban J connectivity index is 1.73. The molecular formula is C29H31F4N3O4S. The van der Waals surface area contributed by atoms with Crippen molar-refractivity contribution in [3.8, 4) is 0 Å². The molecule has 0 aromatic heterocycles. The molecule has 2 heterocycles. The predicted octanol–water partition coefficient (Wildman–Crippen LogP) is 6.36. The number of ether oxygens (including phenoxy) is 1. The number of esters is 1. The number of nitrogens with zero attached hydrogens (tertiary/aromatic N) is 3. The van der Waals surface area contributed by atoms with Gasteiger partial charge in [-0.25, -0.2) is 18.9 Å². The fourth-order valence-corrected chi connectivity index (χ4v) is 5.93. The van der Waals surface area contributed by atoms with E-state index in [2.05, 4.69) is 4.90 Å². The summed E-state index contributed by atoms with van der Waals surface area (Å²) in [7, 11) is 0. The Morgan fingerprint density at radius 2 is 1.68 bits per heavy atom. The van der Waals surface area contributed by atoms with Crippen LogP contribution in [-0.4, -0.2) is 62.2 Å². The second kappa shape index (κ2) is 12.2. The summed E-state index contributed by atoms with van der Waals surface area (Å²) < 4.78 is 61.0. The molecule has 0 unspecified atom stereocenters. The highest BCUT2D eigenvalue weighted by Crippen LogP contribution is 2.44. The molecule has 2 aromatic carbocycles. The number of carboxylic acid groups (broad SMARTS) is 1. The number of carbonyl (C=O) groups excluding carboxylic acids is 1. The number of hydrogen-bond acceptors (Lipinski definition) is 5. The third-order valence-electron chi connectivity index (χ3n) is 7.27. The summed E-state index contributed by atoms with van der Waals surface area (Å²) in [5, 5.41) is 10.1. The highest BCUT2D eigenvalue weighted by molar-refractivity contribution is 7.80. The van der Waals surface area contributed by atoms with Gasteiger partial charge in [0.15, 0.2) is 5.11 Å². The van der Waals surface area contributed by atoms with Crippen LogP contribution in [0.25, 0.3) is 0 Å². The average Bonchev–Trinajstić information content (AvgIpc) is 2.89. The van der Waals surface area contributed by atoms with Gasteiger partial charge in [-0.3, -0.25) is 4.90 Å². The zero-order chi connectivity index (χ0) is 30.1. The molecule has 0 aliphatic carbocycles. The third kappa shape index (κ3) is 6.54. The van der Waals surface area contributed by atoms with Crippen LogP contribution in [0.3, 0.4) is 0 Å². The summed E-state index contributed by atoms with van der Waals surface area (Å²) >= 11 is 5.62. The number of benzene rings is 2. The number of allylic oxidation sites excluding steroid dienone is 1. The van der Waals surface area contributed by atoms with E-state index in [4.69, 9.17) is 17.0 Å². The molecular weight excluding hydrogens is 562 g/mol. The van der Waals surface area contributed by atoms with E-state index in [-0.39, 0.29) is 28.2 Å². The largest absolute Gasteiger partial charge is 0.465 e. The molecule has 0 radical (unpaired) electrons. The van der Waals surface area contributed by atoms with E-state index in [1.54, 1.807) is 37.8 Å². The van der Waals surface area contributed by atoms with Gasteiger partial charge in [0, 0.05) is 31.4 Å². The van der Waals surface area contributed by atoms with Crippen LogP contribution in [0.1, 0.15) is 56.3 Å². The first-order chi connectivity index (χ1) is 19.3. The van der Waals surface area contributed by atoms with Crippen LogP contribution in [0.5, 0.6) is 0 Å². The molecule has 1 atom stereocenters. The lowest BCUT2D eigenvalue weighted by atomic mass is 9.89. The van der Waals surface area contributed by atoms with Gasteiger partial charge in [0.1, 0.15) is 11.9 Å². The molecule has 1 fully saturated rings. The van der Waals surface area contributed by atoms with Gasteiger partial charge in [0.05, 0.1) is 17.2 Å². The van der Waals surface area contributed by atoms with Gasteiger partial charge in [0.25, 0.3) is 0 Å². The lowest BCUT2D eigenvalue weighted by Gasteiger charge is -2.47. The van der Waals surface area contributed by atoms with E-state index in [0.29, 0.717) is 37.4 Å². The summed E-state index contributed by atoms with van der Waals surface area (Å²) in [4.78, 5) is 30.5. The molecule has 220 valence electrons. The monoisotopic (exact) mass is 593 g/mol. The number of rotatable bonds is 6. The molecule has 41 heavy (non-hydrogen) atoms. The van der Waals surface area contributed by atoms with Crippen molar-refractivity contribution in [1.29, 1.82) is 0 Å². The summed E-state index contributed by atoms with van der Waals surface area (Å²) in [5.74, 6) is -1.23. The number of piperidine rings is 1. The van der Waals surface area contributed by atoms with Gasteiger partial charge in [-0.15, -0.1) is 0 Å². The Bertz CT molecular complexity index is 1340. The Kier molecular flexibility index (Phi) is 9.03. The molecule has 0 spiro atoms. The van der Waals surface area contributed by atoms with Crippen LogP contribution in [0.15, 0.2) is 59.8 Å². The minimum Gasteiger partial charge on any atom is -0.465 e. The van der Waals surface area contributed by atoms with Crippen LogP contribution in [0.4, 0.5) is 22.4 Å². The maximum Gasteiger partial charge on any atom is 0.416 e. The van der Waals surface area contributed by atoms with Crippen molar-refractivity contribution in [2.75, 3.05) is 13.1 Å². The standard InChI is InChI=1S/C29H31F4N3O4S/c1-17(2)40-26(37)24-18(3)35(21-12-14-34(15-13-21)16-19-8-10-20(30)11-9-19)27(41)36(28(38)39)25(24)22-6-4-5-7-23(22)29(31,32)33/h4-11,17,21,25H,12-16H2,1-3H3,(H,38,39)/t25-/m0/s1. The molecule has 1 N–H and O–H groups in total. The van der Waals surface area contributed by atoms with Crippen molar-refractivity contribution < 1.29 is 37.0 Å². The van der Waals surface area contributed by atoms with E-state index in [9.17, 15) is 32.3 Å². The van der Waals surface area contributed by atoms with Crippen molar-refractivity contribution in [3.63, 3.8) is 0 Å². The SMILES string of the molecule is CC1=C(C(=O)OC(C)C)[C@H](c2ccccc2C(F)(F)F)N(C(=O)O)C(=S)N1C1CCN(Cc2ccc(F)cc2)CC1. The lowest BCUT2D eigenvalue weighted by Crippen LogP contribution is -2.57. The molecule has 2 aliphatic rings. The van der Waals surface area contributed by atoms with E-state index in [1.165, 1.54) is 24.3 Å². The van der Waals surface area contributed by atoms with Gasteiger partial charge in [-0.2, -0.15) is 13.2 Å². The third-order valence-corrected chi connectivity index (χ3v) is 7.66. The van der Waals surface area contributed by atoms with Crippen molar-refractivity contribution in [3.05, 3.63) is 82.3 Å². The molecule has 4 rings (SSSR count). The Morgan fingerprint density at radius 1 is 1.07 bits per heavy atom. The van der Waals surface area contributed by atoms with E-state index >= 15 is 0 Å². The van der Waals surface area contributed by atoms with Crippen LogP contribution in [0.2, 0.25) is 0 Å². The number of likely N-dealkylation sites (tertiary alicyclic amines) is 1. The minimum absolute atomic E-state index is 0.199. The van der Waals surface area contributed by atoms with Crippen LogP contribution in [0, 0.1) is 5.82 Å². The Morgan fingerprint density at radius 3 is 2.24 bits per heavy atom. The number of halogens is 4. The molecule has 2 aliphatic heterocycles.